The molecule has 1 aliphatic rings. The van der Waals surface area contributed by atoms with Gasteiger partial charge < -0.3 is 11.2 Å². The molecule has 1 aliphatic heterocycles. The Kier molecular flexibility index (Phi) is 2.82. The van der Waals surface area contributed by atoms with E-state index in [9.17, 15) is 0 Å². The van der Waals surface area contributed by atoms with Crippen LogP contribution in [0, 0.1) is 0 Å². The monoisotopic (exact) mass is 249 g/mol. The van der Waals surface area contributed by atoms with Crippen LogP contribution in [0.15, 0.2) is 11.4 Å². The number of nitrogen functional groups attached to an aromatic ring is 1. The molecule has 0 unspecified atom stereocenters. The molecule has 0 atom stereocenters. The lowest BCUT2D eigenvalue weighted by Gasteiger charge is -2.27. The Balaban J connectivity index is 1.90. The van der Waals surface area contributed by atoms with E-state index < -0.39 is 0 Å². The van der Waals surface area contributed by atoms with Crippen LogP contribution in [0.4, 0.5) is 11.8 Å². The number of aromatic nitrogens is 2. The van der Waals surface area contributed by atoms with Crippen molar-refractivity contribution < 1.29 is 0 Å². The first-order valence-corrected chi connectivity index (χ1v) is 6.73. The summed E-state index contributed by atoms with van der Waals surface area (Å²) in [7, 11) is 0. The van der Waals surface area contributed by atoms with Gasteiger partial charge in [-0.25, -0.2) is 9.99 Å². The number of hydrazine groups is 1. The van der Waals surface area contributed by atoms with Crippen molar-refractivity contribution in [2.24, 2.45) is 0 Å². The van der Waals surface area contributed by atoms with Crippen LogP contribution in [0.25, 0.3) is 10.2 Å². The third kappa shape index (κ3) is 2.18. The fourth-order valence-electron chi connectivity index (χ4n) is 2.11. The highest BCUT2D eigenvalue weighted by Crippen LogP contribution is 2.26. The first-order valence-electron chi connectivity index (χ1n) is 5.85. The highest BCUT2D eigenvalue weighted by atomic mass is 32.1. The molecule has 3 N–H and O–H groups in total. The Labute approximate surface area is 104 Å². The molecule has 5 nitrogen and oxygen atoms in total. The largest absolute Gasteiger partial charge is 0.368 e. The van der Waals surface area contributed by atoms with E-state index in [1.165, 1.54) is 19.3 Å². The summed E-state index contributed by atoms with van der Waals surface area (Å²) in [6.07, 6.45) is 3.79. The molecule has 90 valence electrons. The van der Waals surface area contributed by atoms with E-state index in [-0.39, 0.29) is 0 Å². The van der Waals surface area contributed by atoms with Crippen LogP contribution < -0.4 is 11.2 Å². The van der Waals surface area contributed by atoms with Crippen molar-refractivity contribution in [1.82, 2.24) is 15.0 Å². The lowest BCUT2D eigenvalue weighted by molar-refractivity contribution is 0.272. The van der Waals surface area contributed by atoms with E-state index in [0.29, 0.717) is 5.95 Å². The molecule has 0 amide bonds. The van der Waals surface area contributed by atoms with E-state index in [2.05, 4.69) is 20.4 Å². The van der Waals surface area contributed by atoms with E-state index in [1.807, 2.05) is 11.4 Å². The maximum atomic E-state index is 5.71. The van der Waals surface area contributed by atoms with E-state index in [1.54, 1.807) is 11.3 Å². The molecular formula is C11H15N5S. The second-order valence-electron chi connectivity index (χ2n) is 4.23. The highest BCUT2D eigenvalue weighted by molar-refractivity contribution is 7.16. The zero-order valence-corrected chi connectivity index (χ0v) is 10.3. The fraction of sp³-hybridized carbons (Fsp3) is 0.455. The van der Waals surface area contributed by atoms with Crippen LogP contribution in [-0.4, -0.2) is 28.1 Å². The van der Waals surface area contributed by atoms with Crippen LogP contribution >= 0.6 is 11.3 Å². The molecule has 0 saturated carbocycles. The van der Waals surface area contributed by atoms with Gasteiger partial charge >= 0.3 is 0 Å². The lowest BCUT2D eigenvalue weighted by Crippen LogP contribution is -2.35. The number of anilines is 2. The van der Waals surface area contributed by atoms with Gasteiger partial charge in [-0.05, 0) is 24.3 Å². The minimum atomic E-state index is 0.333. The second kappa shape index (κ2) is 4.46. The first kappa shape index (κ1) is 10.7. The zero-order chi connectivity index (χ0) is 11.7. The molecule has 17 heavy (non-hydrogen) atoms. The van der Waals surface area contributed by atoms with Gasteiger partial charge in [-0.1, -0.05) is 6.42 Å². The average molecular weight is 249 g/mol. The summed E-state index contributed by atoms with van der Waals surface area (Å²) < 4.78 is 0. The number of nitrogens with zero attached hydrogens (tertiary/aromatic N) is 3. The summed E-state index contributed by atoms with van der Waals surface area (Å²) in [6, 6.07) is 2.03. The van der Waals surface area contributed by atoms with E-state index >= 15 is 0 Å². The van der Waals surface area contributed by atoms with Crippen molar-refractivity contribution in [1.29, 1.82) is 0 Å². The Morgan fingerprint density at radius 2 is 2.06 bits per heavy atom. The maximum Gasteiger partial charge on any atom is 0.223 e. The van der Waals surface area contributed by atoms with Gasteiger partial charge in [-0.2, -0.15) is 4.98 Å². The van der Waals surface area contributed by atoms with Gasteiger partial charge in [-0.15, -0.1) is 11.3 Å². The highest BCUT2D eigenvalue weighted by Gasteiger charge is 2.13. The van der Waals surface area contributed by atoms with E-state index in [4.69, 9.17) is 5.73 Å². The number of hydrogen-bond donors (Lipinski definition) is 2. The zero-order valence-electron chi connectivity index (χ0n) is 9.52. The summed E-state index contributed by atoms with van der Waals surface area (Å²) in [4.78, 5) is 9.45. The summed E-state index contributed by atoms with van der Waals surface area (Å²) in [6.45, 7) is 2.13. The molecule has 6 heteroatoms. The molecular weight excluding hydrogens is 234 g/mol. The van der Waals surface area contributed by atoms with Crippen LogP contribution in [0.5, 0.6) is 0 Å². The predicted octanol–water partition coefficient (Wildman–Crippen LogP) is 2.09. The summed E-state index contributed by atoms with van der Waals surface area (Å²) >= 11 is 1.59. The van der Waals surface area contributed by atoms with Gasteiger partial charge in [0.25, 0.3) is 0 Å². The number of fused-ring (bicyclic) bond motifs is 1. The van der Waals surface area contributed by atoms with Crippen molar-refractivity contribution >= 4 is 33.3 Å². The number of nitrogens with one attached hydrogen (secondary N) is 1. The van der Waals surface area contributed by atoms with Gasteiger partial charge in [0.15, 0.2) is 5.82 Å². The van der Waals surface area contributed by atoms with Crippen LogP contribution in [-0.2, 0) is 0 Å². The van der Waals surface area contributed by atoms with Gasteiger partial charge in [0.05, 0.1) is 5.39 Å². The fourth-order valence-corrected chi connectivity index (χ4v) is 2.88. The minimum absolute atomic E-state index is 0.333. The molecule has 0 bridgehead atoms. The summed E-state index contributed by atoms with van der Waals surface area (Å²) in [5, 5.41) is 5.28. The molecule has 0 aromatic carbocycles. The molecule has 2 aromatic rings. The molecule has 1 saturated heterocycles. The Hall–Kier alpha value is -1.40. The number of piperidine rings is 1. The topological polar surface area (TPSA) is 67.1 Å². The molecule has 0 radical (unpaired) electrons. The Morgan fingerprint density at radius 1 is 1.24 bits per heavy atom. The van der Waals surface area contributed by atoms with Gasteiger partial charge in [0.2, 0.25) is 5.95 Å². The summed E-state index contributed by atoms with van der Waals surface area (Å²) in [5.74, 6) is 1.16. The van der Waals surface area contributed by atoms with Gasteiger partial charge in [0.1, 0.15) is 4.83 Å². The number of rotatable bonds is 2. The molecule has 0 spiro atoms. The van der Waals surface area contributed by atoms with Crippen molar-refractivity contribution in [3.05, 3.63) is 11.4 Å². The third-order valence-corrected chi connectivity index (χ3v) is 3.77. The quantitative estimate of drug-likeness (QED) is 0.853. The SMILES string of the molecule is Nc1nc(NN2CCCCC2)c2ccsc2n1. The molecule has 2 aromatic heterocycles. The minimum Gasteiger partial charge on any atom is -0.368 e. The Bertz CT molecular complexity index is 518. The van der Waals surface area contributed by atoms with Gasteiger partial charge in [0, 0.05) is 13.1 Å². The second-order valence-corrected chi connectivity index (χ2v) is 5.12. The lowest BCUT2D eigenvalue weighted by atomic mass is 10.2. The third-order valence-electron chi connectivity index (χ3n) is 2.96. The smallest absolute Gasteiger partial charge is 0.223 e. The first-order chi connectivity index (χ1) is 8.33. The molecule has 3 rings (SSSR count). The van der Waals surface area contributed by atoms with Crippen molar-refractivity contribution in [2.75, 3.05) is 24.2 Å². The van der Waals surface area contributed by atoms with Crippen LogP contribution in [0.2, 0.25) is 0 Å². The van der Waals surface area contributed by atoms with E-state index in [0.717, 1.165) is 29.1 Å². The van der Waals surface area contributed by atoms with Crippen molar-refractivity contribution in [3.63, 3.8) is 0 Å². The maximum absolute atomic E-state index is 5.71. The van der Waals surface area contributed by atoms with Crippen LogP contribution in [0.3, 0.4) is 0 Å². The van der Waals surface area contributed by atoms with Gasteiger partial charge in [-0.3, -0.25) is 0 Å². The number of hydrogen-bond acceptors (Lipinski definition) is 6. The number of thiophene rings is 1. The van der Waals surface area contributed by atoms with Crippen molar-refractivity contribution in [2.45, 2.75) is 19.3 Å². The molecule has 1 fully saturated rings. The van der Waals surface area contributed by atoms with Crippen LogP contribution in [0.1, 0.15) is 19.3 Å². The normalized spacial score (nSPS) is 17.4. The molecule has 3 heterocycles. The summed E-state index contributed by atoms with van der Waals surface area (Å²) in [5.41, 5.74) is 9.07. The molecule has 0 aliphatic carbocycles. The standard InChI is InChI=1S/C11H15N5S/c12-11-13-9(8-4-7-17-10(8)14-11)15-16-5-2-1-3-6-16/h4,7H,1-3,5-6H2,(H3,12,13,14,15). The van der Waals surface area contributed by atoms with Crippen molar-refractivity contribution in [3.8, 4) is 0 Å². The Morgan fingerprint density at radius 3 is 2.88 bits per heavy atom. The number of nitrogens with two attached hydrogens (primary N) is 1. The average Bonchev–Trinajstić information content (AvgIpc) is 2.78. The predicted molar refractivity (Wildman–Crippen MR) is 70.9 cm³/mol.